The molecule has 0 saturated heterocycles. The van der Waals surface area contributed by atoms with E-state index in [2.05, 4.69) is 0 Å². The van der Waals surface area contributed by atoms with Gasteiger partial charge in [0.25, 0.3) is 0 Å². The van der Waals surface area contributed by atoms with Crippen LogP contribution in [0.15, 0.2) is 0 Å². The molecule has 0 aromatic carbocycles. The van der Waals surface area contributed by atoms with Gasteiger partial charge in [0.05, 0.1) is 13.2 Å². The van der Waals surface area contributed by atoms with Crippen LogP contribution in [0.2, 0.25) is 0 Å². The molecule has 0 heterocycles. The number of carbonyl (C=O) groups excluding carboxylic acids is 1. The fourth-order valence-corrected chi connectivity index (χ4v) is 0.929. The molecule has 0 aromatic rings. The van der Waals surface area contributed by atoms with Crippen molar-refractivity contribution in [1.82, 2.24) is 4.90 Å². The first-order valence-electron chi connectivity index (χ1n) is 5.09. The summed E-state index contributed by atoms with van der Waals surface area (Å²) in [5.41, 5.74) is 0. The lowest BCUT2D eigenvalue weighted by molar-refractivity contribution is -0.138. The predicted molar refractivity (Wildman–Crippen MR) is 57.3 cm³/mol. The normalized spacial score (nSPS) is 10.2. The fraction of sp³-hybridized carbons (Fsp3) is 0.800. The zero-order chi connectivity index (χ0) is 12.6. The molecule has 16 heavy (non-hydrogen) atoms. The van der Waals surface area contributed by atoms with Crippen molar-refractivity contribution in [1.29, 1.82) is 0 Å². The molecule has 6 nitrogen and oxygen atoms in total. The van der Waals surface area contributed by atoms with Gasteiger partial charge in [-0.3, -0.25) is 9.69 Å². The van der Waals surface area contributed by atoms with Gasteiger partial charge in [-0.25, -0.2) is 4.79 Å². The van der Waals surface area contributed by atoms with Crippen LogP contribution in [0.25, 0.3) is 0 Å². The van der Waals surface area contributed by atoms with Crippen molar-refractivity contribution in [3.63, 3.8) is 0 Å². The Balaban J connectivity index is 4.14. The Labute approximate surface area is 95.1 Å². The maximum atomic E-state index is 11.5. The zero-order valence-corrected chi connectivity index (χ0v) is 9.93. The molecule has 0 fully saturated rings. The molecule has 94 valence electrons. The van der Waals surface area contributed by atoms with Gasteiger partial charge in [-0.2, -0.15) is 0 Å². The second kappa shape index (κ2) is 7.92. The molecule has 0 aliphatic carbocycles. The lowest BCUT2D eigenvalue weighted by Crippen LogP contribution is -2.38. The highest BCUT2D eigenvalue weighted by molar-refractivity contribution is 5.76. The first kappa shape index (κ1) is 14.7. The van der Waals surface area contributed by atoms with Gasteiger partial charge in [0.15, 0.2) is 0 Å². The number of carbonyl (C=O) groups is 2. The predicted octanol–water partition coefficient (Wildman–Crippen LogP) is 0.812. The number of ether oxygens (including phenoxy) is 2. The zero-order valence-electron chi connectivity index (χ0n) is 9.93. The molecule has 0 aliphatic heterocycles. The van der Waals surface area contributed by atoms with Gasteiger partial charge >= 0.3 is 12.1 Å². The van der Waals surface area contributed by atoms with Crippen LogP contribution in [0.5, 0.6) is 0 Å². The van der Waals surface area contributed by atoms with Crippen LogP contribution in [0.3, 0.4) is 0 Å². The Kier molecular flexibility index (Phi) is 7.28. The molecule has 0 aromatic heterocycles. The van der Waals surface area contributed by atoms with Gasteiger partial charge in [-0.15, -0.1) is 0 Å². The smallest absolute Gasteiger partial charge is 0.410 e. The summed E-state index contributed by atoms with van der Waals surface area (Å²) in [6.45, 7) is 4.21. The van der Waals surface area contributed by atoms with Gasteiger partial charge in [0.1, 0.15) is 6.54 Å². The molecule has 1 amide bonds. The molecule has 0 atom stereocenters. The third-order valence-corrected chi connectivity index (χ3v) is 1.69. The van der Waals surface area contributed by atoms with Crippen LogP contribution < -0.4 is 0 Å². The molecule has 0 unspecified atom stereocenters. The molecule has 0 aliphatic rings. The van der Waals surface area contributed by atoms with Gasteiger partial charge in [-0.1, -0.05) is 13.8 Å². The minimum atomic E-state index is -1.07. The summed E-state index contributed by atoms with van der Waals surface area (Å²) in [6.07, 6.45) is -0.617. The third kappa shape index (κ3) is 7.05. The number of aliphatic carboxylic acids is 1. The van der Waals surface area contributed by atoms with Crippen LogP contribution in [0.1, 0.15) is 13.8 Å². The minimum Gasteiger partial charge on any atom is -0.480 e. The molecular weight excluding hydrogens is 214 g/mol. The number of carboxylic acid groups (broad SMARTS) is 1. The summed E-state index contributed by atoms with van der Waals surface area (Å²) in [5, 5.41) is 8.62. The molecule has 6 heteroatoms. The average Bonchev–Trinajstić information content (AvgIpc) is 2.20. The molecule has 0 spiro atoms. The Morgan fingerprint density at radius 1 is 1.38 bits per heavy atom. The van der Waals surface area contributed by atoms with Crippen LogP contribution in [-0.2, 0) is 14.3 Å². The minimum absolute atomic E-state index is 0.208. The second-order valence-corrected chi connectivity index (χ2v) is 3.78. The van der Waals surface area contributed by atoms with E-state index in [0.717, 1.165) is 4.90 Å². The molecule has 0 rings (SSSR count). The quantitative estimate of drug-likeness (QED) is 0.704. The summed E-state index contributed by atoms with van der Waals surface area (Å²) in [6, 6.07) is 0. The Hall–Kier alpha value is -1.30. The van der Waals surface area contributed by atoms with Crippen molar-refractivity contribution in [3.8, 4) is 0 Å². The van der Waals surface area contributed by atoms with Crippen LogP contribution in [-0.4, -0.2) is 55.5 Å². The maximum absolute atomic E-state index is 11.5. The number of nitrogens with zero attached hydrogens (tertiary/aromatic N) is 1. The van der Waals surface area contributed by atoms with E-state index in [1.807, 2.05) is 13.8 Å². The van der Waals surface area contributed by atoms with E-state index in [0.29, 0.717) is 0 Å². The van der Waals surface area contributed by atoms with Crippen molar-refractivity contribution in [3.05, 3.63) is 0 Å². The summed E-state index contributed by atoms with van der Waals surface area (Å²) in [4.78, 5) is 23.1. The number of amides is 1. The lowest BCUT2D eigenvalue weighted by atomic mass is 10.2. The second-order valence-electron chi connectivity index (χ2n) is 3.78. The third-order valence-electron chi connectivity index (χ3n) is 1.69. The van der Waals surface area contributed by atoms with Crippen molar-refractivity contribution < 1.29 is 24.2 Å². The number of hydrogen-bond acceptors (Lipinski definition) is 4. The van der Waals surface area contributed by atoms with Gasteiger partial charge in [0, 0.05) is 13.7 Å². The Morgan fingerprint density at radius 2 is 2.00 bits per heavy atom. The largest absolute Gasteiger partial charge is 0.480 e. The summed E-state index contributed by atoms with van der Waals surface area (Å²) >= 11 is 0. The van der Waals surface area contributed by atoms with E-state index in [1.54, 1.807) is 0 Å². The highest BCUT2D eigenvalue weighted by Crippen LogP contribution is 1.99. The number of methoxy groups -OCH3 is 1. The Bertz CT molecular complexity index is 229. The van der Waals surface area contributed by atoms with E-state index in [1.165, 1.54) is 7.11 Å². The van der Waals surface area contributed by atoms with E-state index < -0.39 is 12.1 Å². The Morgan fingerprint density at radius 3 is 2.44 bits per heavy atom. The summed E-state index contributed by atoms with van der Waals surface area (Å²) in [5.74, 6) is -0.851. The number of hydrogen-bond donors (Lipinski definition) is 1. The molecule has 0 bridgehead atoms. The van der Waals surface area contributed by atoms with Crippen LogP contribution >= 0.6 is 0 Å². The number of rotatable bonds is 7. The molecular formula is C10H19NO5. The fourth-order valence-electron chi connectivity index (χ4n) is 0.929. The van der Waals surface area contributed by atoms with Gasteiger partial charge in [-0.05, 0) is 5.92 Å². The monoisotopic (exact) mass is 233 g/mol. The average molecular weight is 233 g/mol. The maximum Gasteiger partial charge on any atom is 0.410 e. The summed E-state index contributed by atoms with van der Waals surface area (Å²) in [7, 11) is 1.48. The first-order valence-corrected chi connectivity index (χ1v) is 5.09. The van der Waals surface area contributed by atoms with Gasteiger partial charge < -0.3 is 14.6 Å². The number of carboxylic acids is 1. The van der Waals surface area contributed by atoms with Crippen molar-refractivity contribution >= 4 is 12.1 Å². The van der Waals surface area contributed by atoms with Crippen molar-refractivity contribution in [2.75, 3.05) is 33.4 Å². The summed E-state index contributed by atoms with van der Waals surface area (Å²) < 4.78 is 9.72. The molecule has 1 N–H and O–H groups in total. The highest BCUT2D eigenvalue weighted by Gasteiger charge is 2.17. The molecule has 0 radical (unpaired) electrons. The first-order chi connectivity index (χ1) is 7.47. The standard InChI is InChI=1S/C10H19NO5/c1-8(2)7-16-10(14)11(4-5-15-3)6-9(12)13/h8H,4-7H2,1-3H3,(H,12,13). The van der Waals surface area contributed by atoms with E-state index in [-0.39, 0.29) is 32.2 Å². The lowest BCUT2D eigenvalue weighted by Gasteiger charge is -2.20. The van der Waals surface area contributed by atoms with Crippen molar-refractivity contribution in [2.45, 2.75) is 13.8 Å². The van der Waals surface area contributed by atoms with E-state index in [9.17, 15) is 9.59 Å². The van der Waals surface area contributed by atoms with Gasteiger partial charge in [0.2, 0.25) is 0 Å². The topological polar surface area (TPSA) is 76.1 Å². The van der Waals surface area contributed by atoms with Crippen molar-refractivity contribution in [2.24, 2.45) is 5.92 Å². The molecule has 0 saturated carbocycles. The van der Waals surface area contributed by atoms with Crippen LogP contribution in [0.4, 0.5) is 4.79 Å². The van der Waals surface area contributed by atoms with E-state index >= 15 is 0 Å². The van der Waals surface area contributed by atoms with E-state index in [4.69, 9.17) is 14.6 Å². The van der Waals surface area contributed by atoms with Crippen LogP contribution in [0, 0.1) is 5.92 Å². The SMILES string of the molecule is COCCN(CC(=O)O)C(=O)OCC(C)C. The highest BCUT2D eigenvalue weighted by atomic mass is 16.6.